The third-order valence-corrected chi connectivity index (χ3v) is 8.56. The minimum atomic E-state index is -1.87. The number of thiophene rings is 1. The minimum Gasteiger partial charge on any atom is -0.403 e. The second-order valence-electron chi connectivity index (χ2n) is 5.45. The zero-order valence-corrected chi connectivity index (χ0v) is 12.4. The maximum Gasteiger partial charge on any atom is 0.193 e. The molecule has 1 aromatic heterocycles. The summed E-state index contributed by atoms with van der Waals surface area (Å²) in [5, 5.41) is 2.10. The molecule has 0 aliphatic rings. The van der Waals surface area contributed by atoms with Crippen LogP contribution in [0.3, 0.4) is 0 Å². The molecule has 0 aliphatic carbocycles. The van der Waals surface area contributed by atoms with Crippen LogP contribution in [0.15, 0.2) is 17.5 Å². The van der Waals surface area contributed by atoms with Crippen LogP contribution in [-0.4, -0.2) is 14.6 Å². The number of hydrogen-bond donors (Lipinski definition) is 0. The van der Waals surface area contributed by atoms with E-state index < -0.39 is 8.32 Å². The standard InChI is InChI=1S/C12H20O2SSi/c1-12(2,3)16(4,5)14-10(9-13)11-7-6-8-15-11/h6-10H,1-5H3/t10-/m0/s1. The van der Waals surface area contributed by atoms with Gasteiger partial charge < -0.3 is 9.22 Å². The maximum absolute atomic E-state index is 11.1. The molecule has 90 valence electrons. The quantitative estimate of drug-likeness (QED) is 0.601. The SMILES string of the molecule is CC(C)(C)[Si](C)(C)O[C@@H](C=O)c1cccs1. The highest BCUT2D eigenvalue weighted by molar-refractivity contribution is 7.10. The summed E-state index contributed by atoms with van der Waals surface area (Å²) >= 11 is 1.57. The van der Waals surface area contributed by atoms with Gasteiger partial charge in [-0.25, -0.2) is 0 Å². The van der Waals surface area contributed by atoms with E-state index >= 15 is 0 Å². The van der Waals surface area contributed by atoms with Gasteiger partial charge in [-0.2, -0.15) is 0 Å². The maximum atomic E-state index is 11.1. The van der Waals surface area contributed by atoms with Crippen molar-refractivity contribution < 1.29 is 9.22 Å². The van der Waals surface area contributed by atoms with Gasteiger partial charge in [-0.1, -0.05) is 26.8 Å². The third-order valence-electron chi connectivity index (χ3n) is 3.17. The highest BCUT2D eigenvalue weighted by Crippen LogP contribution is 2.39. The van der Waals surface area contributed by atoms with Gasteiger partial charge in [-0.15, -0.1) is 11.3 Å². The fourth-order valence-corrected chi connectivity index (χ4v) is 3.07. The van der Waals surface area contributed by atoms with Gasteiger partial charge in [0.15, 0.2) is 14.6 Å². The number of hydrogen-bond acceptors (Lipinski definition) is 3. The molecule has 0 N–H and O–H groups in total. The molecule has 0 spiro atoms. The molecule has 0 aromatic carbocycles. The van der Waals surface area contributed by atoms with Crippen molar-refractivity contribution in [1.82, 2.24) is 0 Å². The van der Waals surface area contributed by atoms with Crippen molar-refractivity contribution >= 4 is 25.9 Å². The largest absolute Gasteiger partial charge is 0.403 e. The normalized spacial score (nSPS) is 14.8. The molecule has 4 heteroatoms. The lowest BCUT2D eigenvalue weighted by atomic mass is 10.2. The van der Waals surface area contributed by atoms with Crippen molar-refractivity contribution in [2.45, 2.75) is 45.0 Å². The lowest BCUT2D eigenvalue weighted by Gasteiger charge is -2.37. The first-order chi connectivity index (χ1) is 7.28. The Labute approximate surface area is 103 Å². The Morgan fingerprint density at radius 2 is 2.06 bits per heavy atom. The molecule has 1 rings (SSSR count). The first-order valence-electron chi connectivity index (χ1n) is 5.44. The molecule has 16 heavy (non-hydrogen) atoms. The minimum absolute atomic E-state index is 0.130. The molecular weight excluding hydrogens is 236 g/mol. The number of rotatable bonds is 4. The van der Waals surface area contributed by atoms with Gasteiger partial charge in [-0.3, -0.25) is 0 Å². The van der Waals surface area contributed by atoms with Crippen molar-refractivity contribution in [3.63, 3.8) is 0 Å². The van der Waals surface area contributed by atoms with Gasteiger partial charge in [0.05, 0.1) is 0 Å². The summed E-state index contributed by atoms with van der Waals surface area (Å²) in [5.41, 5.74) is 0. The number of aldehydes is 1. The van der Waals surface area contributed by atoms with Gasteiger partial charge in [0.2, 0.25) is 0 Å². The predicted octanol–water partition coefficient (Wildman–Crippen LogP) is 4.01. The van der Waals surface area contributed by atoms with E-state index in [4.69, 9.17) is 4.43 Å². The molecular formula is C12H20O2SSi. The van der Waals surface area contributed by atoms with Crippen LogP contribution in [0.5, 0.6) is 0 Å². The van der Waals surface area contributed by atoms with Gasteiger partial charge in [0.1, 0.15) is 6.10 Å². The van der Waals surface area contributed by atoms with E-state index in [0.29, 0.717) is 0 Å². The van der Waals surface area contributed by atoms with E-state index in [1.807, 2.05) is 17.5 Å². The Morgan fingerprint density at radius 1 is 1.44 bits per heavy atom. The molecule has 0 amide bonds. The molecule has 0 fully saturated rings. The lowest BCUT2D eigenvalue weighted by molar-refractivity contribution is -0.114. The van der Waals surface area contributed by atoms with Crippen LogP contribution in [0.4, 0.5) is 0 Å². The van der Waals surface area contributed by atoms with Gasteiger partial charge >= 0.3 is 0 Å². The van der Waals surface area contributed by atoms with E-state index in [-0.39, 0.29) is 11.1 Å². The van der Waals surface area contributed by atoms with Crippen LogP contribution in [0.1, 0.15) is 31.8 Å². The highest BCUT2D eigenvalue weighted by Gasteiger charge is 2.39. The van der Waals surface area contributed by atoms with E-state index in [2.05, 4.69) is 33.9 Å². The van der Waals surface area contributed by atoms with Crippen LogP contribution >= 0.6 is 11.3 Å². The van der Waals surface area contributed by atoms with E-state index in [1.165, 1.54) is 0 Å². The molecule has 0 saturated carbocycles. The van der Waals surface area contributed by atoms with Crippen molar-refractivity contribution in [3.05, 3.63) is 22.4 Å². The number of carbonyl (C=O) groups excluding carboxylic acids is 1. The van der Waals surface area contributed by atoms with Crippen LogP contribution in [-0.2, 0) is 9.22 Å². The summed E-state index contributed by atoms with van der Waals surface area (Å²) in [4.78, 5) is 12.1. The van der Waals surface area contributed by atoms with Crippen LogP contribution < -0.4 is 0 Å². The zero-order valence-electron chi connectivity index (χ0n) is 10.6. The fourth-order valence-electron chi connectivity index (χ4n) is 1.10. The second-order valence-corrected chi connectivity index (χ2v) is 11.2. The van der Waals surface area contributed by atoms with Crippen LogP contribution in [0.25, 0.3) is 0 Å². The number of carbonyl (C=O) groups is 1. The summed E-state index contributed by atoms with van der Waals surface area (Å²) in [6, 6.07) is 3.91. The van der Waals surface area contributed by atoms with Crippen molar-refractivity contribution in [2.24, 2.45) is 0 Å². The summed E-state index contributed by atoms with van der Waals surface area (Å²) < 4.78 is 6.08. The first-order valence-corrected chi connectivity index (χ1v) is 9.23. The molecule has 0 bridgehead atoms. The molecule has 1 heterocycles. The van der Waals surface area contributed by atoms with Crippen LogP contribution in [0, 0.1) is 0 Å². The third kappa shape index (κ3) is 3.03. The van der Waals surface area contributed by atoms with Crippen molar-refractivity contribution in [2.75, 3.05) is 0 Å². The Balaban J connectivity index is 2.83. The smallest absolute Gasteiger partial charge is 0.193 e. The molecule has 2 nitrogen and oxygen atoms in total. The molecule has 0 saturated heterocycles. The molecule has 1 atom stereocenters. The van der Waals surface area contributed by atoms with Gasteiger partial charge in [-0.05, 0) is 29.6 Å². The summed E-state index contributed by atoms with van der Waals surface area (Å²) in [7, 11) is -1.87. The Kier molecular flexibility index (Phi) is 4.10. The van der Waals surface area contributed by atoms with E-state index in [0.717, 1.165) is 11.2 Å². The van der Waals surface area contributed by atoms with Crippen LogP contribution in [0.2, 0.25) is 18.1 Å². The van der Waals surface area contributed by atoms with Crippen molar-refractivity contribution in [3.8, 4) is 0 Å². The predicted molar refractivity (Wildman–Crippen MR) is 71.4 cm³/mol. The topological polar surface area (TPSA) is 26.3 Å². The highest BCUT2D eigenvalue weighted by atomic mass is 32.1. The average Bonchev–Trinajstić information content (AvgIpc) is 2.65. The molecule has 1 aromatic rings. The first kappa shape index (κ1) is 13.6. The molecule has 0 aliphatic heterocycles. The Hall–Kier alpha value is -0.453. The van der Waals surface area contributed by atoms with Crippen molar-refractivity contribution in [1.29, 1.82) is 0 Å². The summed E-state index contributed by atoms with van der Waals surface area (Å²) in [5.74, 6) is 0. The second kappa shape index (κ2) is 4.81. The Morgan fingerprint density at radius 3 is 2.44 bits per heavy atom. The summed E-state index contributed by atoms with van der Waals surface area (Å²) in [6.07, 6.45) is 0.521. The summed E-state index contributed by atoms with van der Waals surface area (Å²) in [6.45, 7) is 10.9. The van der Waals surface area contributed by atoms with E-state index in [1.54, 1.807) is 11.3 Å². The fraction of sp³-hybridized carbons (Fsp3) is 0.583. The monoisotopic (exact) mass is 256 g/mol. The average molecular weight is 256 g/mol. The van der Waals surface area contributed by atoms with E-state index in [9.17, 15) is 4.79 Å². The lowest BCUT2D eigenvalue weighted by Crippen LogP contribution is -2.42. The molecule has 0 radical (unpaired) electrons. The zero-order chi connectivity index (χ0) is 12.4. The van der Waals surface area contributed by atoms with Gasteiger partial charge in [0.25, 0.3) is 0 Å². The molecule has 0 unspecified atom stereocenters. The Bertz CT molecular complexity index is 338. The van der Waals surface area contributed by atoms with Gasteiger partial charge in [0, 0.05) is 4.88 Å².